The largest absolute Gasteiger partial charge is 0.440 e. The van der Waals surface area contributed by atoms with E-state index < -0.39 is 0 Å². The van der Waals surface area contributed by atoms with Gasteiger partial charge < -0.3 is 15.1 Å². The molecule has 0 saturated heterocycles. The summed E-state index contributed by atoms with van der Waals surface area (Å²) in [6, 6.07) is 27.7. The Bertz CT molecular complexity index is 1080. The highest BCUT2D eigenvalue weighted by Gasteiger charge is 2.17. The number of benzene rings is 3. The summed E-state index contributed by atoms with van der Waals surface area (Å²) < 4.78 is 6.11. The molecule has 0 radical (unpaired) electrons. The number of amides is 1. The molecule has 5 heteroatoms. The fraction of sp³-hybridized carbons (Fsp3) is 0.154. The van der Waals surface area contributed by atoms with Crippen LogP contribution in [0.1, 0.15) is 17.9 Å². The minimum absolute atomic E-state index is 0.0673. The molecule has 0 saturated carbocycles. The van der Waals surface area contributed by atoms with Gasteiger partial charge in [-0.05, 0) is 24.7 Å². The van der Waals surface area contributed by atoms with Crippen molar-refractivity contribution in [2.24, 2.45) is 0 Å². The van der Waals surface area contributed by atoms with Gasteiger partial charge in [-0.25, -0.2) is 4.98 Å². The number of rotatable bonds is 8. The van der Waals surface area contributed by atoms with Gasteiger partial charge in [0.25, 0.3) is 0 Å². The molecule has 0 atom stereocenters. The van der Waals surface area contributed by atoms with Crippen LogP contribution < -0.4 is 10.6 Å². The summed E-state index contributed by atoms with van der Waals surface area (Å²) in [4.78, 5) is 17.2. The third kappa shape index (κ3) is 5.27. The molecule has 1 amide bonds. The average molecular weight is 412 g/mol. The maximum atomic E-state index is 12.5. The van der Waals surface area contributed by atoms with Crippen LogP contribution in [0, 0.1) is 0 Å². The zero-order valence-corrected chi connectivity index (χ0v) is 17.5. The number of carbonyl (C=O) groups excluding carboxylic acids is 1. The van der Waals surface area contributed by atoms with Gasteiger partial charge in [0.05, 0.1) is 0 Å². The normalized spacial score (nSPS) is 10.7. The molecule has 0 bridgehead atoms. The molecule has 1 heterocycles. The number of oxazole rings is 1. The Morgan fingerprint density at radius 1 is 0.903 bits per heavy atom. The van der Waals surface area contributed by atoms with Crippen molar-refractivity contribution in [3.05, 3.63) is 96.4 Å². The SMILES string of the molecule is CNCc1cccc(NC(=O)CCc2nc(-c3ccccc3)c(-c3ccccc3)o2)c1. The maximum absolute atomic E-state index is 12.5. The van der Waals surface area contributed by atoms with Crippen LogP contribution >= 0.6 is 0 Å². The van der Waals surface area contributed by atoms with Crippen molar-refractivity contribution in [2.75, 3.05) is 12.4 Å². The molecule has 5 nitrogen and oxygen atoms in total. The minimum atomic E-state index is -0.0673. The van der Waals surface area contributed by atoms with Crippen molar-refractivity contribution < 1.29 is 9.21 Å². The van der Waals surface area contributed by atoms with Crippen LogP contribution in [0.3, 0.4) is 0 Å². The van der Waals surface area contributed by atoms with Gasteiger partial charge in [0.1, 0.15) is 5.69 Å². The second kappa shape index (κ2) is 9.87. The molecular weight excluding hydrogens is 386 g/mol. The van der Waals surface area contributed by atoms with Gasteiger partial charge in [-0.1, -0.05) is 72.8 Å². The monoisotopic (exact) mass is 411 g/mol. The zero-order chi connectivity index (χ0) is 21.5. The van der Waals surface area contributed by atoms with Crippen LogP contribution in [0.2, 0.25) is 0 Å². The smallest absolute Gasteiger partial charge is 0.224 e. The van der Waals surface area contributed by atoms with Gasteiger partial charge in [-0.15, -0.1) is 0 Å². The van der Waals surface area contributed by atoms with Crippen LogP contribution in [-0.4, -0.2) is 17.9 Å². The van der Waals surface area contributed by atoms with E-state index in [1.165, 1.54) is 0 Å². The molecule has 2 N–H and O–H groups in total. The Kier molecular flexibility index (Phi) is 6.55. The quantitative estimate of drug-likeness (QED) is 0.413. The van der Waals surface area contributed by atoms with Crippen molar-refractivity contribution in [2.45, 2.75) is 19.4 Å². The van der Waals surface area contributed by atoms with E-state index in [9.17, 15) is 4.79 Å². The first-order chi connectivity index (χ1) is 15.2. The van der Waals surface area contributed by atoms with E-state index in [0.29, 0.717) is 18.7 Å². The summed E-state index contributed by atoms with van der Waals surface area (Å²) in [6.45, 7) is 0.755. The van der Waals surface area contributed by atoms with Crippen molar-refractivity contribution in [3.8, 4) is 22.6 Å². The Morgan fingerprint density at radius 3 is 2.32 bits per heavy atom. The number of hydrogen-bond donors (Lipinski definition) is 2. The molecule has 4 aromatic rings. The third-order valence-electron chi connectivity index (χ3n) is 4.91. The van der Waals surface area contributed by atoms with E-state index in [0.717, 1.165) is 40.4 Å². The highest BCUT2D eigenvalue weighted by Crippen LogP contribution is 2.32. The summed E-state index contributed by atoms with van der Waals surface area (Å²) in [5.74, 6) is 1.21. The molecule has 0 aliphatic heterocycles. The average Bonchev–Trinajstić information content (AvgIpc) is 3.24. The number of aryl methyl sites for hydroxylation is 1. The molecule has 0 aliphatic carbocycles. The molecule has 3 aromatic carbocycles. The summed E-state index contributed by atoms with van der Waals surface area (Å²) >= 11 is 0. The highest BCUT2D eigenvalue weighted by atomic mass is 16.4. The predicted octanol–water partition coefficient (Wildman–Crippen LogP) is 5.30. The first-order valence-electron chi connectivity index (χ1n) is 10.4. The van der Waals surface area contributed by atoms with Gasteiger partial charge in [-0.3, -0.25) is 4.79 Å². The number of anilines is 1. The fourth-order valence-electron chi connectivity index (χ4n) is 3.46. The lowest BCUT2D eigenvalue weighted by molar-refractivity contribution is -0.116. The molecule has 0 unspecified atom stereocenters. The second-order valence-corrected chi connectivity index (χ2v) is 7.30. The van der Waals surface area contributed by atoms with Crippen LogP contribution in [0.4, 0.5) is 5.69 Å². The van der Waals surface area contributed by atoms with E-state index in [2.05, 4.69) is 10.6 Å². The van der Waals surface area contributed by atoms with Crippen molar-refractivity contribution >= 4 is 11.6 Å². The van der Waals surface area contributed by atoms with Gasteiger partial charge >= 0.3 is 0 Å². The number of nitrogens with one attached hydrogen (secondary N) is 2. The van der Waals surface area contributed by atoms with E-state index in [-0.39, 0.29) is 5.91 Å². The molecule has 0 spiro atoms. The van der Waals surface area contributed by atoms with E-state index >= 15 is 0 Å². The standard InChI is InChI=1S/C26H25N3O2/c1-27-18-19-9-8-14-22(17-19)28-23(30)15-16-24-29-25(20-10-4-2-5-11-20)26(31-24)21-12-6-3-7-13-21/h2-14,17,27H,15-16,18H2,1H3,(H,28,30). The van der Waals surface area contributed by atoms with E-state index in [1.54, 1.807) is 0 Å². The van der Waals surface area contributed by atoms with Gasteiger partial charge in [0, 0.05) is 36.2 Å². The van der Waals surface area contributed by atoms with Gasteiger partial charge in [-0.2, -0.15) is 0 Å². The van der Waals surface area contributed by atoms with Gasteiger partial charge in [0.15, 0.2) is 11.7 Å². The lowest BCUT2D eigenvalue weighted by atomic mass is 10.1. The third-order valence-corrected chi connectivity index (χ3v) is 4.91. The molecule has 1 aromatic heterocycles. The van der Waals surface area contributed by atoms with Crippen LogP contribution in [-0.2, 0) is 17.8 Å². The molecule has 0 fully saturated rings. The topological polar surface area (TPSA) is 67.2 Å². The molecule has 31 heavy (non-hydrogen) atoms. The summed E-state index contributed by atoms with van der Waals surface area (Å²) in [5.41, 5.74) is 4.66. The Hall–Kier alpha value is -3.70. The molecule has 156 valence electrons. The lowest BCUT2D eigenvalue weighted by Gasteiger charge is -2.06. The molecular formula is C26H25N3O2. The van der Waals surface area contributed by atoms with Crippen LogP contribution in [0.15, 0.2) is 89.3 Å². The molecule has 0 aliphatic rings. The first kappa shape index (κ1) is 20.6. The molecule has 4 rings (SSSR count). The zero-order valence-electron chi connectivity index (χ0n) is 17.5. The van der Waals surface area contributed by atoms with Gasteiger partial charge in [0.2, 0.25) is 5.91 Å². The van der Waals surface area contributed by atoms with Crippen LogP contribution in [0.25, 0.3) is 22.6 Å². The number of hydrogen-bond acceptors (Lipinski definition) is 4. The Morgan fingerprint density at radius 2 is 1.61 bits per heavy atom. The maximum Gasteiger partial charge on any atom is 0.224 e. The summed E-state index contributed by atoms with van der Waals surface area (Å²) in [5, 5.41) is 6.07. The minimum Gasteiger partial charge on any atom is -0.440 e. The van der Waals surface area contributed by atoms with Crippen molar-refractivity contribution in [3.63, 3.8) is 0 Å². The lowest BCUT2D eigenvalue weighted by Crippen LogP contribution is -2.13. The first-order valence-corrected chi connectivity index (χ1v) is 10.4. The van der Waals surface area contributed by atoms with Crippen molar-refractivity contribution in [1.29, 1.82) is 0 Å². The number of nitrogens with zero attached hydrogens (tertiary/aromatic N) is 1. The predicted molar refractivity (Wildman–Crippen MR) is 124 cm³/mol. The summed E-state index contributed by atoms with van der Waals surface area (Å²) in [7, 11) is 1.90. The summed E-state index contributed by atoms with van der Waals surface area (Å²) in [6.07, 6.45) is 0.716. The van der Waals surface area contributed by atoms with Crippen LogP contribution in [0.5, 0.6) is 0 Å². The fourth-order valence-corrected chi connectivity index (χ4v) is 3.46. The second-order valence-electron chi connectivity index (χ2n) is 7.30. The van der Waals surface area contributed by atoms with E-state index in [1.807, 2.05) is 92.0 Å². The number of carbonyl (C=O) groups is 1. The highest BCUT2D eigenvalue weighted by molar-refractivity contribution is 5.90. The Balaban J connectivity index is 1.49. The van der Waals surface area contributed by atoms with Crippen molar-refractivity contribution in [1.82, 2.24) is 10.3 Å². The number of aromatic nitrogens is 1. The van der Waals surface area contributed by atoms with E-state index in [4.69, 9.17) is 9.40 Å². The Labute approximate surface area is 182 Å².